The highest BCUT2D eigenvalue weighted by molar-refractivity contribution is 5.56. The van der Waals surface area contributed by atoms with Crippen LogP contribution >= 0.6 is 0 Å². The maximum absolute atomic E-state index is 5.03. The maximum Gasteiger partial charge on any atom is 0.230 e. The molecule has 37 heavy (non-hydrogen) atoms. The van der Waals surface area contributed by atoms with Crippen molar-refractivity contribution in [2.45, 2.75) is 45.2 Å². The number of piperidine rings is 1. The van der Waals surface area contributed by atoms with Crippen LogP contribution in [0.4, 0.5) is 11.9 Å². The lowest BCUT2D eigenvalue weighted by atomic mass is 10.0. The molecule has 3 aromatic heterocycles. The topological polar surface area (TPSA) is 91.4 Å². The summed E-state index contributed by atoms with van der Waals surface area (Å²) in [5.41, 5.74) is 4.20. The zero-order valence-electron chi connectivity index (χ0n) is 21.7. The second-order valence-electron chi connectivity index (χ2n) is 10.3. The Labute approximate surface area is 217 Å². The van der Waals surface area contributed by atoms with Crippen molar-refractivity contribution in [3.05, 3.63) is 60.0 Å². The highest BCUT2D eigenvalue weighted by Crippen LogP contribution is 2.26. The summed E-state index contributed by atoms with van der Waals surface area (Å²) in [6.07, 6.45) is 7.98. The van der Waals surface area contributed by atoms with Gasteiger partial charge in [0.15, 0.2) is 5.65 Å². The van der Waals surface area contributed by atoms with Crippen LogP contribution in [0.2, 0.25) is 0 Å². The predicted octanol–water partition coefficient (Wildman–Crippen LogP) is 2.92. The number of hydrogen-bond donors (Lipinski definition) is 2. The Morgan fingerprint density at radius 3 is 2.57 bits per heavy atom. The number of fused-ring (bicyclic) bond motifs is 1. The van der Waals surface area contributed by atoms with E-state index in [-0.39, 0.29) is 0 Å². The summed E-state index contributed by atoms with van der Waals surface area (Å²) in [7, 11) is 0. The van der Waals surface area contributed by atoms with Crippen molar-refractivity contribution in [1.29, 1.82) is 0 Å². The smallest absolute Gasteiger partial charge is 0.230 e. The molecule has 0 saturated carbocycles. The quantitative estimate of drug-likeness (QED) is 0.400. The fraction of sp³-hybridized carbons (Fsp3) is 0.481. The third-order valence-corrected chi connectivity index (χ3v) is 7.60. The fourth-order valence-electron chi connectivity index (χ4n) is 5.49. The van der Waals surface area contributed by atoms with Crippen LogP contribution in [0.5, 0.6) is 0 Å². The van der Waals surface area contributed by atoms with E-state index < -0.39 is 0 Å². The first-order valence-electron chi connectivity index (χ1n) is 13.4. The summed E-state index contributed by atoms with van der Waals surface area (Å²) < 4.78 is 3.74. The summed E-state index contributed by atoms with van der Waals surface area (Å²) in [4.78, 5) is 15.0. The van der Waals surface area contributed by atoms with E-state index in [0.717, 1.165) is 80.5 Å². The highest BCUT2D eigenvalue weighted by Gasteiger charge is 2.27. The molecular weight excluding hydrogens is 464 g/mol. The number of nitrogens with one attached hydrogen (secondary N) is 2. The Morgan fingerprint density at radius 1 is 1.00 bits per heavy atom. The van der Waals surface area contributed by atoms with Crippen molar-refractivity contribution >= 4 is 17.5 Å². The van der Waals surface area contributed by atoms with Gasteiger partial charge in [-0.2, -0.15) is 24.7 Å². The second-order valence-corrected chi connectivity index (χ2v) is 10.3. The lowest BCUT2D eigenvalue weighted by Gasteiger charge is -2.40. The van der Waals surface area contributed by atoms with Crippen LogP contribution in [0.3, 0.4) is 0 Å². The Bertz CT molecular complexity index is 1310. The second kappa shape index (κ2) is 10.5. The van der Waals surface area contributed by atoms with Crippen molar-refractivity contribution in [1.82, 2.24) is 39.6 Å². The van der Waals surface area contributed by atoms with Crippen molar-refractivity contribution in [2.75, 3.05) is 49.5 Å². The molecule has 0 unspecified atom stereocenters. The molecule has 0 bridgehead atoms. The summed E-state index contributed by atoms with van der Waals surface area (Å²) in [5.74, 6) is 1.83. The Hall–Kier alpha value is -3.50. The van der Waals surface area contributed by atoms with Gasteiger partial charge in [0.25, 0.3) is 0 Å². The van der Waals surface area contributed by atoms with E-state index in [4.69, 9.17) is 9.97 Å². The minimum atomic E-state index is 0.326. The molecule has 2 N–H and O–H groups in total. The molecule has 10 nitrogen and oxygen atoms in total. The fourth-order valence-corrected chi connectivity index (χ4v) is 5.49. The summed E-state index contributed by atoms with van der Waals surface area (Å²) in [6, 6.07) is 10.9. The molecule has 194 valence electrons. The third kappa shape index (κ3) is 4.91. The minimum Gasteiger partial charge on any atom is -0.350 e. The molecule has 6 rings (SSSR count). The Balaban J connectivity index is 1.26. The van der Waals surface area contributed by atoms with Crippen LogP contribution in [0.1, 0.15) is 43.7 Å². The molecule has 0 amide bonds. The van der Waals surface area contributed by atoms with Crippen LogP contribution in [-0.2, 0) is 6.54 Å². The standard InChI is InChI=1S/C27H36N10/c1-20(2)23-19-31-37-25(23)32-27(35-14-8-22(9-15-35)34-16-11-28-12-17-34)33-26(37)29-18-21-6-3-4-7-24(21)36-13-5-10-30-36/h3-7,10,13,19-20,22,28H,8-9,11-12,14-18H2,1-2H3,(H,29,32,33). The maximum atomic E-state index is 5.03. The van der Waals surface area contributed by atoms with Gasteiger partial charge in [-0.3, -0.25) is 4.90 Å². The van der Waals surface area contributed by atoms with Crippen molar-refractivity contribution in [3.63, 3.8) is 0 Å². The first kappa shape index (κ1) is 23.9. The molecule has 2 aliphatic heterocycles. The lowest BCUT2D eigenvalue weighted by Crippen LogP contribution is -2.52. The predicted molar refractivity (Wildman–Crippen MR) is 145 cm³/mol. The number of benzene rings is 1. The van der Waals surface area contributed by atoms with E-state index in [1.54, 1.807) is 6.20 Å². The van der Waals surface area contributed by atoms with Crippen LogP contribution in [0.25, 0.3) is 11.3 Å². The number of para-hydroxylation sites is 1. The first-order valence-corrected chi connectivity index (χ1v) is 13.4. The van der Waals surface area contributed by atoms with E-state index in [2.05, 4.69) is 62.7 Å². The molecule has 4 aromatic rings. The normalized spacial score (nSPS) is 17.6. The molecule has 0 spiro atoms. The molecule has 0 radical (unpaired) electrons. The summed E-state index contributed by atoms with van der Waals surface area (Å²) >= 11 is 0. The molecule has 1 aromatic carbocycles. The van der Waals surface area contributed by atoms with Crippen LogP contribution < -0.4 is 15.5 Å². The van der Waals surface area contributed by atoms with E-state index in [1.165, 1.54) is 0 Å². The molecule has 2 aliphatic rings. The van der Waals surface area contributed by atoms with Gasteiger partial charge in [-0.1, -0.05) is 32.0 Å². The molecular formula is C27H36N10. The first-order chi connectivity index (χ1) is 18.2. The average molecular weight is 501 g/mol. The van der Waals surface area contributed by atoms with Gasteiger partial charge in [-0.25, -0.2) is 4.68 Å². The largest absolute Gasteiger partial charge is 0.350 e. The number of aromatic nitrogens is 6. The molecule has 0 aliphatic carbocycles. The zero-order chi connectivity index (χ0) is 25.2. The monoisotopic (exact) mass is 500 g/mol. The SMILES string of the molecule is CC(C)c1cnn2c(NCc3ccccc3-n3cccn3)nc(N3CCC(N4CCNCC4)CC3)nc12. The van der Waals surface area contributed by atoms with Crippen molar-refractivity contribution in [2.24, 2.45) is 0 Å². The van der Waals surface area contributed by atoms with Gasteiger partial charge < -0.3 is 15.5 Å². The van der Waals surface area contributed by atoms with Crippen LogP contribution in [0.15, 0.2) is 48.9 Å². The van der Waals surface area contributed by atoms with Gasteiger partial charge >= 0.3 is 0 Å². The van der Waals surface area contributed by atoms with Gasteiger partial charge in [0.05, 0.1) is 11.9 Å². The number of nitrogens with zero attached hydrogens (tertiary/aromatic N) is 8. The highest BCUT2D eigenvalue weighted by atomic mass is 15.4. The van der Waals surface area contributed by atoms with E-state index >= 15 is 0 Å². The number of hydrogen-bond acceptors (Lipinski definition) is 8. The zero-order valence-corrected chi connectivity index (χ0v) is 21.7. The van der Waals surface area contributed by atoms with E-state index in [9.17, 15) is 0 Å². The molecule has 10 heteroatoms. The number of rotatable bonds is 7. The molecule has 5 heterocycles. The summed E-state index contributed by atoms with van der Waals surface area (Å²) in [6.45, 7) is 11.4. The molecule has 2 fully saturated rings. The van der Waals surface area contributed by atoms with Gasteiger partial charge in [0.1, 0.15) is 0 Å². The number of anilines is 2. The van der Waals surface area contributed by atoms with Crippen molar-refractivity contribution < 1.29 is 0 Å². The Kier molecular flexibility index (Phi) is 6.75. The van der Waals surface area contributed by atoms with Crippen molar-refractivity contribution in [3.8, 4) is 5.69 Å². The summed E-state index contributed by atoms with van der Waals surface area (Å²) in [5, 5.41) is 16.1. The number of piperazine rings is 1. The third-order valence-electron chi connectivity index (χ3n) is 7.60. The van der Waals surface area contributed by atoms with Crippen LogP contribution in [0, 0.1) is 0 Å². The van der Waals surface area contributed by atoms with Gasteiger partial charge in [0.2, 0.25) is 11.9 Å². The van der Waals surface area contributed by atoms with Gasteiger partial charge in [-0.05, 0) is 36.5 Å². The van der Waals surface area contributed by atoms with E-state index in [0.29, 0.717) is 24.5 Å². The average Bonchev–Trinajstić information content (AvgIpc) is 3.63. The molecule has 2 saturated heterocycles. The van der Waals surface area contributed by atoms with Gasteiger partial charge in [-0.15, -0.1) is 0 Å². The van der Waals surface area contributed by atoms with Gasteiger partial charge in [0, 0.05) is 69.8 Å². The molecule has 0 atom stereocenters. The van der Waals surface area contributed by atoms with Crippen LogP contribution in [-0.4, -0.2) is 79.6 Å². The lowest BCUT2D eigenvalue weighted by molar-refractivity contribution is 0.150. The van der Waals surface area contributed by atoms with E-state index in [1.807, 2.05) is 33.7 Å². The minimum absolute atomic E-state index is 0.326. The Morgan fingerprint density at radius 2 is 1.81 bits per heavy atom.